The fourth-order valence-corrected chi connectivity index (χ4v) is 2.04. The maximum atomic E-state index is 12.1. The van der Waals surface area contributed by atoms with Gasteiger partial charge in [-0.05, 0) is 27.2 Å². The van der Waals surface area contributed by atoms with E-state index in [9.17, 15) is 4.79 Å². The molecule has 0 aliphatic carbocycles. The summed E-state index contributed by atoms with van der Waals surface area (Å²) in [6.45, 7) is 6.87. The number of fused-ring (bicyclic) bond motifs is 1. The van der Waals surface area contributed by atoms with Gasteiger partial charge in [-0.3, -0.25) is 4.79 Å². The van der Waals surface area contributed by atoms with Crippen molar-refractivity contribution >= 4 is 5.91 Å². The Labute approximate surface area is 107 Å². The molecule has 6 heteroatoms. The minimum atomic E-state index is -0.553. The van der Waals surface area contributed by atoms with Crippen LogP contribution in [0.1, 0.15) is 44.9 Å². The van der Waals surface area contributed by atoms with Gasteiger partial charge in [-0.2, -0.15) is 0 Å². The van der Waals surface area contributed by atoms with Crippen LogP contribution in [0.4, 0.5) is 0 Å². The summed E-state index contributed by atoms with van der Waals surface area (Å²) < 4.78 is 2.10. The van der Waals surface area contributed by atoms with E-state index in [4.69, 9.17) is 5.73 Å². The number of hydrogen-bond donors (Lipinski definition) is 2. The number of carbonyl (C=O) groups is 1. The Morgan fingerprint density at radius 2 is 2.28 bits per heavy atom. The van der Waals surface area contributed by atoms with Gasteiger partial charge in [-0.25, -0.2) is 0 Å². The second-order valence-electron chi connectivity index (χ2n) is 5.51. The van der Waals surface area contributed by atoms with Crippen molar-refractivity contribution in [2.24, 2.45) is 11.1 Å². The first-order valence-electron chi connectivity index (χ1n) is 6.38. The van der Waals surface area contributed by atoms with Crippen molar-refractivity contribution < 1.29 is 4.79 Å². The van der Waals surface area contributed by atoms with E-state index >= 15 is 0 Å². The van der Waals surface area contributed by atoms with Crippen molar-refractivity contribution in [2.45, 2.75) is 46.2 Å². The van der Waals surface area contributed by atoms with Gasteiger partial charge in [0.25, 0.3) is 0 Å². The molecule has 1 aromatic rings. The SMILES string of the molecule is CC(NC(=O)C(C)(C)CN)c1nnc2n1CCC2. The summed E-state index contributed by atoms with van der Waals surface area (Å²) in [5, 5.41) is 11.3. The van der Waals surface area contributed by atoms with Crippen LogP contribution in [0, 0.1) is 5.41 Å². The average Bonchev–Trinajstić information content (AvgIpc) is 2.89. The molecule has 0 aromatic carbocycles. The van der Waals surface area contributed by atoms with E-state index in [1.807, 2.05) is 20.8 Å². The Kier molecular flexibility index (Phi) is 3.38. The Morgan fingerprint density at radius 1 is 1.56 bits per heavy atom. The molecule has 0 bridgehead atoms. The monoisotopic (exact) mass is 251 g/mol. The first-order valence-corrected chi connectivity index (χ1v) is 6.38. The van der Waals surface area contributed by atoms with Crippen LogP contribution in [0.25, 0.3) is 0 Å². The number of nitrogens with two attached hydrogens (primary N) is 1. The molecule has 0 saturated carbocycles. The highest BCUT2D eigenvalue weighted by molar-refractivity contribution is 5.82. The molecule has 0 radical (unpaired) electrons. The zero-order valence-corrected chi connectivity index (χ0v) is 11.2. The minimum Gasteiger partial charge on any atom is -0.346 e. The molecule has 100 valence electrons. The van der Waals surface area contributed by atoms with Crippen LogP contribution < -0.4 is 11.1 Å². The predicted molar refractivity (Wildman–Crippen MR) is 67.7 cm³/mol. The van der Waals surface area contributed by atoms with Crippen molar-refractivity contribution in [1.29, 1.82) is 0 Å². The second-order valence-corrected chi connectivity index (χ2v) is 5.51. The third-order valence-corrected chi connectivity index (χ3v) is 3.50. The summed E-state index contributed by atoms with van der Waals surface area (Å²) in [5.41, 5.74) is 5.04. The van der Waals surface area contributed by atoms with E-state index in [1.165, 1.54) is 0 Å². The third-order valence-electron chi connectivity index (χ3n) is 3.50. The highest BCUT2D eigenvalue weighted by Crippen LogP contribution is 2.20. The maximum Gasteiger partial charge on any atom is 0.227 e. The molecule has 2 heterocycles. The lowest BCUT2D eigenvalue weighted by atomic mass is 9.92. The lowest BCUT2D eigenvalue weighted by Crippen LogP contribution is -2.43. The summed E-state index contributed by atoms with van der Waals surface area (Å²) in [6, 6.07) is -0.136. The van der Waals surface area contributed by atoms with Crippen molar-refractivity contribution in [2.75, 3.05) is 6.54 Å². The molecule has 6 nitrogen and oxygen atoms in total. The molecule has 0 spiro atoms. The summed E-state index contributed by atoms with van der Waals surface area (Å²) in [4.78, 5) is 12.1. The van der Waals surface area contributed by atoms with Crippen molar-refractivity contribution in [3.8, 4) is 0 Å². The van der Waals surface area contributed by atoms with Gasteiger partial charge >= 0.3 is 0 Å². The van der Waals surface area contributed by atoms with Crippen LogP contribution in [0.3, 0.4) is 0 Å². The van der Waals surface area contributed by atoms with Gasteiger partial charge in [0, 0.05) is 19.5 Å². The van der Waals surface area contributed by atoms with Gasteiger partial charge in [0.2, 0.25) is 5.91 Å². The third kappa shape index (κ3) is 2.25. The number of nitrogens with zero attached hydrogens (tertiary/aromatic N) is 3. The highest BCUT2D eigenvalue weighted by atomic mass is 16.2. The number of aromatic nitrogens is 3. The molecule has 0 saturated heterocycles. The second kappa shape index (κ2) is 4.68. The van der Waals surface area contributed by atoms with E-state index < -0.39 is 5.41 Å². The lowest BCUT2D eigenvalue weighted by molar-refractivity contribution is -0.129. The van der Waals surface area contributed by atoms with E-state index in [1.54, 1.807) is 0 Å². The van der Waals surface area contributed by atoms with Gasteiger partial charge < -0.3 is 15.6 Å². The Balaban J connectivity index is 2.08. The summed E-state index contributed by atoms with van der Waals surface area (Å²) in [6.07, 6.45) is 2.08. The maximum absolute atomic E-state index is 12.1. The molecule has 1 aliphatic heterocycles. The number of hydrogen-bond acceptors (Lipinski definition) is 4. The topological polar surface area (TPSA) is 85.8 Å². The zero-order chi connectivity index (χ0) is 13.3. The molecule has 18 heavy (non-hydrogen) atoms. The van der Waals surface area contributed by atoms with Crippen LogP contribution in [-0.2, 0) is 17.8 Å². The number of nitrogens with one attached hydrogen (secondary N) is 1. The van der Waals surface area contributed by atoms with E-state index in [2.05, 4.69) is 20.1 Å². The van der Waals surface area contributed by atoms with Crippen LogP contribution in [0.15, 0.2) is 0 Å². The normalized spacial score (nSPS) is 16.4. The molecular formula is C12H21N5O. The van der Waals surface area contributed by atoms with Gasteiger partial charge in [0.1, 0.15) is 5.82 Å². The van der Waals surface area contributed by atoms with Gasteiger partial charge in [0.05, 0.1) is 11.5 Å². The molecular weight excluding hydrogens is 230 g/mol. The lowest BCUT2D eigenvalue weighted by Gasteiger charge is -2.24. The van der Waals surface area contributed by atoms with Crippen LogP contribution in [0.5, 0.6) is 0 Å². The molecule has 1 aromatic heterocycles. The molecule has 1 amide bonds. The molecule has 3 N–H and O–H groups in total. The number of amides is 1. The fourth-order valence-electron chi connectivity index (χ4n) is 2.04. The first kappa shape index (κ1) is 13.0. The highest BCUT2D eigenvalue weighted by Gasteiger charge is 2.29. The number of rotatable bonds is 4. The predicted octanol–water partition coefficient (Wildman–Crippen LogP) is 0.386. The largest absolute Gasteiger partial charge is 0.346 e. The van der Waals surface area contributed by atoms with E-state index in [0.29, 0.717) is 6.54 Å². The quantitative estimate of drug-likeness (QED) is 0.810. The van der Waals surface area contributed by atoms with Crippen molar-refractivity contribution in [3.05, 3.63) is 11.6 Å². The van der Waals surface area contributed by atoms with Crippen LogP contribution >= 0.6 is 0 Å². The van der Waals surface area contributed by atoms with Crippen LogP contribution in [0.2, 0.25) is 0 Å². The zero-order valence-electron chi connectivity index (χ0n) is 11.2. The Hall–Kier alpha value is -1.43. The molecule has 0 fully saturated rings. The van der Waals surface area contributed by atoms with Crippen molar-refractivity contribution in [1.82, 2.24) is 20.1 Å². The van der Waals surface area contributed by atoms with Gasteiger partial charge in [-0.1, -0.05) is 0 Å². The van der Waals surface area contributed by atoms with Crippen molar-refractivity contribution in [3.63, 3.8) is 0 Å². The first-order chi connectivity index (χ1) is 8.45. The average molecular weight is 251 g/mol. The Bertz CT molecular complexity index is 451. The van der Waals surface area contributed by atoms with Crippen LogP contribution in [-0.4, -0.2) is 27.2 Å². The summed E-state index contributed by atoms with van der Waals surface area (Å²) in [5.74, 6) is 1.81. The standard InChI is InChI=1S/C12H21N5O/c1-8(14-11(18)12(2,3)7-13)10-16-15-9-5-4-6-17(9)10/h8H,4-7,13H2,1-3H3,(H,14,18). The minimum absolute atomic E-state index is 0.0483. The van der Waals surface area contributed by atoms with Gasteiger partial charge in [-0.15, -0.1) is 10.2 Å². The van der Waals surface area contributed by atoms with E-state index in [-0.39, 0.29) is 11.9 Å². The Morgan fingerprint density at radius 3 is 2.94 bits per heavy atom. The fraction of sp³-hybridized carbons (Fsp3) is 0.750. The number of carbonyl (C=O) groups excluding carboxylic acids is 1. The summed E-state index contributed by atoms with van der Waals surface area (Å²) >= 11 is 0. The molecule has 1 atom stereocenters. The molecule has 2 rings (SSSR count). The number of aryl methyl sites for hydroxylation is 1. The van der Waals surface area contributed by atoms with E-state index in [0.717, 1.165) is 31.0 Å². The summed E-state index contributed by atoms with van der Waals surface area (Å²) in [7, 11) is 0. The molecule has 1 aliphatic rings. The smallest absolute Gasteiger partial charge is 0.227 e. The molecule has 1 unspecified atom stereocenters. The van der Waals surface area contributed by atoms with Gasteiger partial charge in [0.15, 0.2) is 5.82 Å².